The fourth-order valence-electron chi connectivity index (χ4n) is 4.53. The summed E-state index contributed by atoms with van der Waals surface area (Å²) in [6.07, 6.45) is 6.24. The van der Waals surface area contributed by atoms with E-state index in [0.29, 0.717) is 0 Å². The molecule has 2 aliphatic rings. The van der Waals surface area contributed by atoms with Crippen molar-refractivity contribution >= 4 is 12.3 Å². The number of carboxylic acid groups (broad SMARTS) is 1. The first-order valence-corrected chi connectivity index (χ1v) is 7.39. The van der Waals surface area contributed by atoms with E-state index >= 15 is 0 Å². The molecule has 0 radical (unpaired) electrons. The number of carboxylic acids is 1. The molecular weight excluding hydrogens is 256 g/mol. The Morgan fingerprint density at radius 1 is 1.50 bits per heavy atom. The Morgan fingerprint density at radius 3 is 2.75 bits per heavy atom. The molecular formula is C16H24O4. The molecule has 2 rings (SSSR count). The minimum absolute atomic E-state index is 0.0134. The van der Waals surface area contributed by atoms with Gasteiger partial charge in [0.15, 0.2) is 0 Å². The van der Waals surface area contributed by atoms with E-state index in [9.17, 15) is 19.8 Å². The predicted octanol–water partition coefficient (Wildman–Crippen LogP) is 2.41. The first-order valence-electron chi connectivity index (χ1n) is 7.39. The van der Waals surface area contributed by atoms with Crippen LogP contribution in [-0.2, 0) is 9.59 Å². The summed E-state index contributed by atoms with van der Waals surface area (Å²) in [5.74, 6) is -0.518. The highest BCUT2D eigenvalue weighted by Crippen LogP contribution is 2.60. The SMILES string of the molecule is CC1CCC2(C=O)C(CO)=CCCC2C1(C)CC(=O)O. The molecule has 0 aromatic rings. The molecule has 4 atom stereocenters. The zero-order valence-electron chi connectivity index (χ0n) is 12.3. The van der Waals surface area contributed by atoms with E-state index in [4.69, 9.17) is 0 Å². The molecule has 2 aliphatic carbocycles. The lowest BCUT2D eigenvalue weighted by atomic mass is 9.47. The van der Waals surface area contributed by atoms with Gasteiger partial charge < -0.3 is 15.0 Å². The van der Waals surface area contributed by atoms with Gasteiger partial charge in [0.05, 0.1) is 18.4 Å². The van der Waals surface area contributed by atoms with Crippen LogP contribution in [0.25, 0.3) is 0 Å². The van der Waals surface area contributed by atoms with E-state index < -0.39 is 11.4 Å². The van der Waals surface area contributed by atoms with Gasteiger partial charge in [-0.05, 0) is 48.5 Å². The minimum Gasteiger partial charge on any atom is -0.481 e. The molecule has 2 N–H and O–H groups in total. The van der Waals surface area contributed by atoms with Crippen LogP contribution in [0.15, 0.2) is 11.6 Å². The van der Waals surface area contributed by atoms with Crippen molar-refractivity contribution in [3.05, 3.63) is 11.6 Å². The number of aliphatic hydroxyl groups is 1. The van der Waals surface area contributed by atoms with Gasteiger partial charge in [0.1, 0.15) is 6.29 Å². The van der Waals surface area contributed by atoms with Crippen molar-refractivity contribution < 1.29 is 19.8 Å². The summed E-state index contributed by atoms with van der Waals surface area (Å²) in [5.41, 5.74) is -0.240. The molecule has 0 aromatic carbocycles. The Hall–Kier alpha value is -1.16. The van der Waals surface area contributed by atoms with Gasteiger partial charge in [-0.15, -0.1) is 0 Å². The Morgan fingerprint density at radius 2 is 2.20 bits per heavy atom. The van der Waals surface area contributed by atoms with Crippen LogP contribution in [0.5, 0.6) is 0 Å². The maximum atomic E-state index is 11.9. The van der Waals surface area contributed by atoms with E-state index in [1.54, 1.807) is 0 Å². The number of rotatable bonds is 4. The zero-order chi connectivity index (χ0) is 15.0. The maximum Gasteiger partial charge on any atom is 0.303 e. The van der Waals surface area contributed by atoms with Crippen LogP contribution in [0.2, 0.25) is 0 Å². The highest BCUT2D eigenvalue weighted by molar-refractivity contribution is 5.70. The Bertz CT molecular complexity index is 442. The molecule has 0 bridgehead atoms. The summed E-state index contributed by atoms with van der Waals surface area (Å²) in [6, 6.07) is 0. The molecule has 4 unspecified atom stereocenters. The van der Waals surface area contributed by atoms with Crippen molar-refractivity contribution in [3.63, 3.8) is 0 Å². The molecule has 0 aromatic heterocycles. The van der Waals surface area contributed by atoms with E-state index in [0.717, 1.165) is 37.5 Å². The van der Waals surface area contributed by atoms with Crippen LogP contribution < -0.4 is 0 Å². The summed E-state index contributed by atoms with van der Waals surface area (Å²) in [7, 11) is 0. The number of fused-ring (bicyclic) bond motifs is 1. The van der Waals surface area contributed by atoms with Crippen LogP contribution in [0.1, 0.15) is 46.0 Å². The lowest BCUT2D eigenvalue weighted by Crippen LogP contribution is -2.53. The standard InChI is InChI=1S/C16H24O4/c1-11-6-7-16(10-18)12(9-17)4-3-5-13(16)15(11,2)8-14(19)20/h4,10-11,13,17H,3,5-9H2,1-2H3,(H,19,20). The van der Waals surface area contributed by atoms with Gasteiger partial charge in [0.25, 0.3) is 0 Å². The fourth-order valence-corrected chi connectivity index (χ4v) is 4.53. The van der Waals surface area contributed by atoms with Crippen LogP contribution >= 0.6 is 0 Å². The second-order valence-electron chi connectivity index (χ2n) is 6.69. The molecule has 0 heterocycles. The Balaban J connectivity index is 2.48. The van der Waals surface area contributed by atoms with Crippen LogP contribution in [-0.4, -0.2) is 29.1 Å². The molecule has 112 valence electrons. The third-order valence-electron chi connectivity index (χ3n) is 5.89. The smallest absolute Gasteiger partial charge is 0.303 e. The third kappa shape index (κ3) is 2.10. The van der Waals surface area contributed by atoms with Crippen molar-refractivity contribution in [1.29, 1.82) is 0 Å². The van der Waals surface area contributed by atoms with Gasteiger partial charge in [-0.1, -0.05) is 19.9 Å². The van der Waals surface area contributed by atoms with Crippen LogP contribution in [0.3, 0.4) is 0 Å². The quantitative estimate of drug-likeness (QED) is 0.612. The van der Waals surface area contributed by atoms with E-state index in [1.807, 2.05) is 13.0 Å². The van der Waals surface area contributed by atoms with E-state index in [1.165, 1.54) is 0 Å². The first-order chi connectivity index (χ1) is 9.40. The lowest BCUT2D eigenvalue weighted by molar-refractivity contribution is -0.149. The average Bonchev–Trinajstić information content (AvgIpc) is 2.42. The predicted molar refractivity (Wildman–Crippen MR) is 75.1 cm³/mol. The molecule has 0 spiro atoms. The average molecular weight is 280 g/mol. The van der Waals surface area contributed by atoms with Gasteiger partial charge >= 0.3 is 5.97 Å². The van der Waals surface area contributed by atoms with Gasteiger partial charge in [0.2, 0.25) is 0 Å². The molecule has 4 nitrogen and oxygen atoms in total. The number of hydrogen-bond donors (Lipinski definition) is 2. The zero-order valence-corrected chi connectivity index (χ0v) is 12.3. The molecule has 20 heavy (non-hydrogen) atoms. The summed E-state index contributed by atoms with van der Waals surface area (Å²) >= 11 is 0. The largest absolute Gasteiger partial charge is 0.481 e. The summed E-state index contributed by atoms with van der Waals surface area (Å²) in [4.78, 5) is 23.2. The molecule has 0 amide bonds. The van der Waals surface area contributed by atoms with Crippen molar-refractivity contribution in [1.82, 2.24) is 0 Å². The maximum absolute atomic E-state index is 11.9. The second-order valence-corrected chi connectivity index (χ2v) is 6.69. The van der Waals surface area contributed by atoms with E-state index in [-0.39, 0.29) is 30.3 Å². The van der Waals surface area contributed by atoms with Crippen molar-refractivity contribution in [2.45, 2.75) is 46.0 Å². The summed E-state index contributed by atoms with van der Waals surface area (Å²) in [6.45, 7) is 4.00. The number of carbonyl (C=O) groups is 2. The minimum atomic E-state index is -0.804. The van der Waals surface area contributed by atoms with Gasteiger partial charge in [-0.3, -0.25) is 4.79 Å². The lowest BCUT2D eigenvalue weighted by Gasteiger charge is -2.56. The molecule has 0 saturated heterocycles. The molecule has 4 heteroatoms. The highest BCUT2D eigenvalue weighted by Gasteiger charge is 2.56. The molecule has 1 saturated carbocycles. The van der Waals surface area contributed by atoms with Crippen molar-refractivity contribution in [3.8, 4) is 0 Å². The van der Waals surface area contributed by atoms with E-state index in [2.05, 4.69) is 6.92 Å². The van der Waals surface area contributed by atoms with Crippen LogP contribution in [0.4, 0.5) is 0 Å². The number of aldehydes is 1. The van der Waals surface area contributed by atoms with Crippen molar-refractivity contribution in [2.75, 3.05) is 6.61 Å². The van der Waals surface area contributed by atoms with Gasteiger partial charge in [-0.2, -0.15) is 0 Å². The monoisotopic (exact) mass is 280 g/mol. The van der Waals surface area contributed by atoms with Crippen molar-refractivity contribution in [2.24, 2.45) is 22.7 Å². The number of aliphatic carboxylic acids is 1. The number of allylic oxidation sites excluding steroid dienone is 1. The summed E-state index contributed by atoms with van der Waals surface area (Å²) in [5, 5.41) is 18.9. The van der Waals surface area contributed by atoms with Gasteiger partial charge in [-0.25, -0.2) is 0 Å². The second kappa shape index (κ2) is 5.32. The molecule has 1 fully saturated rings. The molecule has 0 aliphatic heterocycles. The first kappa shape index (κ1) is 15.2. The number of aliphatic hydroxyl groups excluding tert-OH is 1. The topological polar surface area (TPSA) is 74.6 Å². The normalized spacial score (nSPS) is 40.6. The number of carbonyl (C=O) groups excluding carboxylic acids is 1. The third-order valence-corrected chi connectivity index (χ3v) is 5.89. The Kier molecular flexibility index (Phi) is 4.05. The van der Waals surface area contributed by atoms with Crippen LogP contribution in [0, 0.1) is 22.7 Å². The Labute approximate surface area is 119 Å². The highest BCUT2D eigenvalue weighted by atomic mass is 16.4. The number of hydrogen-bond acceptors (Lipinski definition) is 3. The van der Waals surface area contributed by atoms with Gasteiger partial charge in [0, 0.05) is 0 Å². The summed E-state index contributed by atoms with van der Waals surface area (Å²) < 4.78 is 0. The fraction of sp³-hybridized carbons (Fsp3) is 0.750.